The zero-order valence-corrected chi connectivity index (χ0v) is 15.5. The Kier molecular flexibility index (Phi) is 6.99. The third-order valence-corrected chi connectivity index (χ3v) is 4.65. The molecule has 0 fully saturated rings. The lowest BCUT2D eigenvalue weighted by molar-refractivity contribution is -0.122. The summed E-state index contributed by atoms with van der Waals surface area (Å²) in [5.74, 6) is 0.730. The minimum atomic E-state index is -3.85. The van der Waals surface area contributed by atoms with Gasteiger partial charge in [0.25, 0.3) is 10.0 Å². The van der Waals surface area contributed by atoms with Crippen LogP contribution in [0.15, 0.2) is 53.4 Å². The van der Waals surface area contributed by atoms with Gasteiger partial charge in [-0.05, 0) is 50.2 Å². The molecule has 0 saturated carbocycles. The fourth-order valence-corrected chi connectivity index (χ4v) is 2.88. The molecule has 0 bridgehead atoms. The summed E-state index contributed by atoms with van der Waals surface area (Å²) in [7, 11) is -3.85. The first-order chi connectivity index (χ1) is 12.4. The SMILES string of the molecule is CCOc1ccc(S(=O)(=O)NNC(=O)CCOc2ccc(C)cc2)cc1. The molecule has 8 heteroatoms. The van der Waals surface area contributed by atoms with Gasteiger partial charge in [-0.25, -0.2) is 8.42 Å². The number of nitrogens with one attached hydrogen (secondary N) is 2. The number of rotatable bonds is 9. The van der Waals surface area contributed by atoms with E-state index in [2.05, 4.69) is 10.3 Å². The molecule has 140 valence electrons. The number of carbonyl (C=O) groups excluding carboxylic acids is 1. The van der Waals surface area contributed by atoms with Gasteiger partial charge in [-0.1, -0.05) is 17.7 Å². The molecule has 2 rings (SSSR count). The van der Waals surface area contributed by atoms with Gasteiger partial charge >= 0.3 is 0 Å². The van der Waals surface area contributed by atoms with Gasteiger partial charge in [-0.3, -0.25) is 10.2 Å². The number of hydrogen-bond acceptors (Lipinski definition) is 5. The van der Waals surface area contributed by atoms with E-state index < -0.39 is 15.9 Å². The summed E-state index contributed by atoms with van der Waals surface area (Å²) in [5, 5.41) is 0. The molecule has 26 heavy (non-hydrogen) atoms. The van der Waals surface area contributed by atoms with Crippen LogP contribution in [0.25, 0.3) is 0 Å². The Hall–Kier alpha value is -2.58. The third kappa shape index (κ3) is 6.05. The van der Waals surface area contributed by atoms with Crippen molar-refractivity contribution in [3.8, 4) is 11.5 Å². The maximum atomic E-state index is 12.1. The van der Waals surface area contributed by atoms with Gasteiger partial charge in [-0.15, -0.1) is 4.83 Å². The number of amides is 1. The van der Waals surface area contributed by atoms with E-state index in [1.807, 2.05) is 38.1 Å². The van der Waals surface area contributed by atoms with Crippen molar-refractivity contribution in [2.45, 2.75) is 25.2 Å². The Balaban J connectivity index is 1.78. The van der Waals surface area contributed by atoms with Gasteiger partial charge in [0.05, 0.1) is 24.5 Å². The van der Waals surface area contributed by atoms with Crippen molar-refractivity contribution >= 4 is 15.9 Å². The number of hydrogen-bond donors (Lipinski definition) is 2. The molecule has 0 aliphatic heterocycles. The minimum absolute atomic E-state index is 0.0136. The summed E-state index contributed by atoms with van der Waals surface area (Å²) in [6.07, 6.45) is 0.0136. The molecular formula is C18H22N2O5S. The maximum Gasteiger partial charge on any atom is 0.257 e. The fourth-order valence-electron chi connectivity index (χ4n) is 2.02. The molecular weight excluding hydrogens is 356 g/mol. The highest BCUT2D eigenvalue weighted by molar-refractivity contribution is 7.89. The molecule has 0 unspecified atom stereocenters. The van der Waals surface area contributed by atoms with Crippen molar-refractivity contribution in [2.75, 3.05) is 13.2 Å². The van der Waals surface area contributed by atoms with Crippen LogP contribution in [0, 0.1) is 6.92 Å². The summed E-state index contributed by atoms with van der Waals surface area (Å²) in [6.45, 7) is 4.43. The first kappa shape index (κ1) is 19.7. The first-order valence-corrected chi connectivity index (χ1v) is 9.62. The zero-order valence-electron chi connectivity index (χ0n) is 14.7. The number of aryl methyl sites for hydroxylation is 1. The highest BCUT2D eigenvalue weighted by Crippen LogP contribution is 2.15. The molecule has 0 radical (unpaired) electrons. The number of sulfonamides is 1. The van der Waals surface area contributed by atoms with Gasteiger partial charge in [0.2, 0.25) is 5.91 Å². The average molecular weight is 378 g/mol. The van der Waals surface area contributed by atoms with E-state index in [-0.39, 0.29) is 17.9 Å². The van der Waals surface area contributed by atoms with Crippen LogP contribution < -0.4 is 19.7 Å². The lowest BCUT2D eigenvalue weighted by Crippen LogP contribution is -2.41. The van der Waals surface area contributed by atoms with Crippen molar-refractivity contribution in [2.24, 2.45) is 0 Å². The highest BCUT2D eigenvalue weighted by atomic mass is 32.2. The predicted octanol–water partition coefficient (Wildman–Crippen LogP) is 2.17. The molecule has 2 aromatic carbocycles. The second kappa shape index (κ2) is 9.21. The molecule has 2 aromatic rings. The van der Waals surface area contributed by atoms with Crippen molar-refractivity contribution in [1.82, 2.24) is 10.3 Å². The van der Waals surface area contributed by atoms with E-state index in [1.165, 1.54) is 12.1 Å². The maximum absolute atomic E-state index is 12.1. The van der Waals surface area contributed by atoms with Gasteiger partial charge in [0.1, 0.15) is 11.5 Å². The molecule has 1 amide bonds. The van der Waals surface area contributed by atoms with Crippen LogP contribution in [0.3, 0.4) is 0 Å². The molecule has 0 spiro atoms. The van der Waals surface area contributed by atoms with E-state index in [1.54, 1.807) is 12.1 Å². The average Bonchev–Trinajstić information content (AvgIpc) is 2.63. The van der Waals surface area contributed by atoms with Crippen LogP contribution >= 0.6 is 0 Å². The lowest BCUT2D eigenvalue weighted by Gasteiger charge is -2.10. The zero-order chi connectivity index (χ0) is 19.0. The Morgan fingerprint density at radius 3 is 2.15 bits per heavy atom. The summed E-state index contributed by atoms with van der Waals surface area (Å²) >= 11 is 0. The normalized spacial score (nSPS) is 11.0. The van der Waals surface area contributed by atoms with E-state index in [0.717, 1.165) is 5.56 Å². The summed E-state index contributed by atoms with van der Waals surface area (Å²) in [6, 6.07) is 13.3. The van der Waals surface area contributed by atoms with E-state index in [0.29, 0.717) is 18.1 Å². The second-order valence-electron chi connectivity index (χ2n) is 5.47. The standard InChI is InChI=1S/C18H22N2O5S/c1-3-24-15-8-10-17(11-9-15)26(22,23)20-19-18(21)12-13-25-16-6-4-14(2)5-7-16/h4-11,20H,3,12-13H2,1-2H3,(H,19,21). The topological polar surface area (TPSA) is 93.7 Å². The van der Waals surface area contributed by atoms with Crippen LogP contribution in [-0.4, -0.2) is 27.5 Å². The van der Waals surface area contributed by atoms with Gasteiger partial charge in [0.15, 0.2) is 0 Å². The Morgan fingerprint density at radius 2 is 1.54 bits per heavy atom. The number of benzene rings is 2. The summed E-state index contributed by atoms with van der Waals surface area (Å²) in [5.41, 5.74) is 3.28. The summed E-state index contributed by atoms with van der Waals surface area (Å²) < 4.78 is 35.0. The molecule has 0 saturated heterocycles. The van der Waals surface area contributed by atoms with Gasteiger partial charge < -0.3 is 9.47 Å². The number of carbonyl (C=O) groups is 1. The number of ether oxygens (including phenoxy) is 2. The lowest BCUT2D eigenvalue weighted by atomic mass is 10.2. The Morgan fingerprint density at radius 1 is 0.962 bits per heavy atom. The van der Waals surface area contributed by atoms with Crippen LogP contribution in [0.4, 0.5) is 0 Å². The van der Waals surface area contributed by atoms with E-state index in [9.17, 15) is 13.2 Å². The van der Waals surface area contributed by atoms with Crippen LogP contribution in [0.2, 0.25) is 0 Å². The van der Waals surface area contributed by atoms with E-state index >= 15 is 0 Å². The van der Waals surface area contributed by atoms with Crippen LogP contribution in [0.1, 0.15) is 18.9 Å². The number of hydrazine groups is 1. The second-order valence-corrected chi connectivity index (χ2v) is 7.15. The van der Waals surface area contributed by atoms with Gasteiger partial charge in [-0.2, -0.15) is 0 Å². The molecule has 7 nitrogen and oxygen atoms in total. The first-order valence-electron chi connectivity index (χ1n) is 8.13. The molecule has 0 heterocycles. The molecule has 2 N–H and O–H groups in total. The highest BCUT2D eigenvalue weighted by Gasteiger charge is 2.15. The quantitative estimate of drug-likeness (QED) is 0.652. The van der Waals surface area contributed by atoms with Crippen LogP contribution in [0.5, 0.6) is 11.5 Å². The van der Waals surface area contributed by atoms with E-state index in [4.69, 9.17) is 9.47 Å². The predicted molar refractivity (Wildman–Crippen MR) is 97.4 cm³/mol. The minimum Gasteiger partial charge on any atom is -0.494 e. The Labute approximate surface area is 153 Å². The van der Waals surface area contributed by atoms with Crippen LogP contribution in [-0.2, 0) is 14.8 Å². The van der Waals surface area contributed by atoms with Crippen molar-refractivity contribution < 1.29 is 22.7 Å². The molecule has 0 aliphatic rings. The molecule has 0 aromatic heterocycles. The fraction of sp³-hybridized carbons (Fsp3) is 0.278. The van der Waals surface area contributed by atoms with Crippen molar-refractivity contribution in [1.29, 1.82) is 0 Å². The summed E-state index contributed by atoms with van der Waals surface area (Å²) in [4.78, 5) is 13.9. The van der Waals surface area contributed by atoms with Gasteiger partial charge in [0, 0.05) is 0 Å². The smallest absolute Gasteiger partial charge is 0.257 e. The largest absolute Gasteiger partial charge is 0.494 e. The molecule has 0 atom stereocenters. The monoisotopic (exact) mass is 378 g/mol. The van der Waals surface area contributed by atoms with Crippen molar-refractivity contribution in [3.63, 3.8) is 0 Å². The Bertz CT molecular complexity index is 818. The van der Waals surface area contributed by atoms with Crippen molar-refractivity contribution in [3.05, 3.63) is 54.1 Å². The third-order valence-electron chi connectivity index (χ3n) is 3.39. The molecule has 0 aliphatic carbocycles.